The first-order chi connectivity index (χ1) is 13.1. The Labute approximate surface area is 168 Å². The number of rotatable bonds is 14. The minimum absolute atomic E-state index is 0.0878. The summed E-state index contributed by atoms with van der Waals surface area (Å²) in [5, 5.41) is 29.6. The van der Waals surface area contributed by atoms with E-state index in [-0.39, 0.29) is 19.3 Å². The molecule has 0 radical (unpaired) electrons. The monoisotopic (exact) mass is 404 g/mol. The summed E-state index contributed by atoms with van der Waals surface area (Å²) in [7, 11) is 0. The average molecular weight is 405 g/mol. The molecule has 0 saturated heterocycles. The number of unbranched alkanes of at least 4 members (excludes halogenated alkanes) is 3. The predicted molar refractivity (Wildman–Crippen MR) is 106 cm³/mol. The molecule has 0 spiro atoms. The zero-order chi connectivity index (χ0) is 21.2. The Hall–Kier alpha value is -1.01. The van der Waals surface area contributed by atoms with Gasteiger partial charge in [0.15, 0.2) is 0 Å². The number of carbonyl (C=O) groups is 1. The Morgan fingerprint density at radius 1 is 1.25 bits per heavy atom. The molecule has 4 nitrogen and oxygen atoms in total. The maximum absolute atomic E-state index is 14.1. The SMILES string of the molecule is CCCCCC(C)(O)CC[C@]1(C(F)F)CC[C@H](O)[C@H]1CC=CCCCC(=O)O. The Morgan fingerprint density at radius 2 is 1.96 bits per heavy atom. The van der Waals surface area contributed by atoms with Gasteiger partial charge in [-0.25, -0.2) is 8.78 Å². The van der Waals surface area contributed by atoms with E-state index >= 15 is 0 Å². The molecule has 164 valence electrons. The van der Waals surface area contributed by atoms with Crippen molar-refractivity contribution in [3.05, 3.63) is 12.2 Å². The Balaban J connectivity index is 2.69. The molecule has 1 rings (SSSR count). The summed E-state index contributed by atoms with van der Waals surface area (Å²) >= 11 is 0. The first-order valence-electron chi connectivity index (χ1n) is 10.7. The van der Waals surface area contributed by atoms with E-state index in [1.165, 1.54) is 0 Å². The molecule has 1 saturated carbocycles. The maximum Gasteiger partial charge on any atom is 0.303 e. The summed E-state index contributed by atoms with van der Waals surface area (Å²) < 4.78 is 28.3. The van der Waals surface area contributed by atoms with Crippen LogP contribution in [0, 0.1) is 11.3 Å². The van der Waals surface area contributed by atoms with Crippen LogP contribution in [-0.4, -0.2) is 39.4 Å². The number of aliphatic carboxylic acids is 1. The molecule has 0 aromatic rings. The topological polar surface area (TPSA) is 77.8 Å². The Bertz CT molecular complexity index is 493. The van der Waals surface area contributed by atoms with E-state index in [4.69, 9.17) is 5.11 Å². The third-order valence-electron chi connectivity index (χ3n) is 6.31. The molecule has 1 unspecified atom stereocenters. The van der Waals surface area contributed by atoms with Crippen molar-refractivity contribution >= 4 is 5.97 Å². The summed E-state index contributed by atoms with van der Waals surface area (Å²) in [6, 6.07) is 0. The molecule has 1 fully saturated rings. The number of halogens is 2. The maximum atomic E-state index is 14.1. The van der Waals surface area contributed by atoms with E-state index in [0.717, 1.165) is 19.3 Å². The second kappa shape index (κ2) is 11.9. The van der Waals surface area contributed by atoms with Crippen LogP contribution in [0.3, 0.4) is 0 Å². The van der Waals surface area contributed by atoms with Gasteiger partial charge in [0.2, 0.25) is 6.43 Å². The van der Waals surface area contributed by atoms with Gasteiger partial charge >= 0.3 is 5.97 Å². The molecule has 1 aliphatic carbocycles. The number of aliphatic hydroxyl groups is 2. The van der Waals surface area contributed by atoms with Gasteiger partial charge in [-0.1, -0.05) is 38.3 Å². The second-order valence-corrected chi connectivity index (χ2v) is 8.69. The smallest absolute Gasteiger partial charge is 0.303 e. The van der Waals surface area contributed by atoms with Crippen molar-refractivity contribution in [2.75, 3.05) is 0 Å². The van der Waals surface area contributed by atoms with Gasteiger partial charge in [0.25, 0.3) is 0 Å². The van der Waals surface area contributed by atoms with Gasteiger partial charge in [0.05, 0.1) is 11.7 Å². The third kappa shape index (κ3) is 7.78. The third-order valence-corrected chi connectivity index (χ3v) is 6.31. The highest BCUT2D eigenvalue weighted by Gasteiger charge is 2.53. The van der Waals surface area contributed by atoms with Gasteiger partial charge in [-0.15, -0.1) is 0 Å². The van der Waals surface area contributed by atoms with E-state index in [1.54, 1.807) is 13.0 Å². The number of alkyl halides is 2. The summed E-state index contributed by atoms with van der Waals surface area (Å²) in [6.45, 7) is 3.81. The molecule has 0 aromatic carbocycles. The number of hydrogen-bond acceptors (Lipinski definition) is 3. The highest BCUT2D eigenvalue weighted by molar-refractivity contribution is 5.66. The largest absolute Gasteiger partial charge is 0.481 e. The van der Waals surface area contributed by atoms with E-state index in [1.807, 2.05) is 6.08 Å². The zero-order valence-corrected chi connectivity index (χ0v) is 17.4. The van der Waals surface area contributed by atoms with Crippen LogP contribution in [0.1, 0.15) is 90.9 Å². The van der Waals surface area contributed by atoms with Crippen LogP contribution in [0.4, 0.5) is 8.78 Å². The molecule has 0 heterocycles. The molecule has 1 aliphatic rings. The summed E-state index contributed by atoms with van der Waals surface area (Å²) in [5.41, 5.74) is -2.22. The van der Waals surface area contributed by atoms with Gasteiger partial charge in [0, 0.05) is 11.8 Å². The molecule has 3 N–H and O–H groups in total. The van der Waals surface area contributed by atoms with Gasteiger partial charge in [-0.3, -0.25) is 4.79 Å². The molecule has 0 aliphatic heterocycles. The molecular formula is C22H38F2O4. The normalized spacial score (nSPS) is 27.5. The summed E-state index contributed by atoms with van der Waals surface area (Å²) in [4.78, 5) is 10.5. The van der Waals surface area contributed by atoms with E-state index in [2.05, 4.69) is 6.92 Å². The fraction of sp³-hybridized carbons (Fsp3) is 0.864. The lowest BCUT2D eigenvalue weighted by Gasteiger charge is -2.38. The molecule has 4 atom stereocenters. The molecule has 6 heteroatoms. The van der Waals surface area contributed by atoms with Crippen molar-refractivity contribution in [3.63, 3.8) is 0 Å². The molecule has 0 aromatic heterocycles. The molecule has 0 amide bonds. The second-order valence-electron chi connectivity index (χ2n) is 8.69. The molecule has 28 heavy (non-hydrogen) atoms. The van der Waals surface area contributed by atoms with Crippen LogP contribution in [0.15, 0.2) is 12.2 Å². The van der Waals surface area contributed by atoms with Gasteiger partial charge < -0.3 is 15.3 Å². The lowest BCUT2D eigenvalue weighted by Crippen LogP contribution is -2.39. The molecule has 0 bridgehead atoms. The van der Waals surface area contributed by atoms with Crippen LogP contribution in [-0.2, 0) is 4.79 Å². The first-order valence-corrected chi connectivity index (χ1v) is 10.7. The number of hydrogen-bond donors (Lipinski definition) is 3. The standard InChI is InChI=1S/C22H38F2O4/c1-3-4-9-13-21(2,28)15-16-22(20(23)24)14-12-18(25)17(22)10-7-5-6-8-11-19(26)27/h5,7,17-18,20,25,28H,3-4,6,8-16H2,1-2H3,(H,26,27)/t17-,18+,21?,22-/m1/s1. The lowest BCUT2D eigenvalue weighted by atomic mass is 9.70. The van der Waals surface area contributed by atoms with Crippen LogP contribution >= 0.6 is 0 Å². The molecular weight excluding hydrogens is 366 g/mol. The first kappa shape index (κ1) is 25.0. The average Bonchev–Trinajstić information content (AvgIpc) is 2.93. The van der Waals surface area contributed by atoms with Crippen LogP contribution < -0.4 is 0 Å². The summed E-state index contributed by atoms with van der Waals surface area (Å²) in [5.74, 6) is -1.38. The minimum Gasteiger partial charge on any atom is -0.481 e. The Kier molecular flexibility index (Phi) is 10.6. The van der Waals surface area contributed by atoms with Crippen molar-refractivity contribution in [3.8, 4) is 0 Å². The van der Waals surface area contributed by atoms with Crippen LogP contribution in [0.2, 0.25) is 0 Å². The van der Waals surface area contributed by atoms with Gasteiger partial charge in [-0.05, 0) is 64.2 Å². The number of allylic oxidation sites excluding steroid dienone is 2. The van der Waals surface area contributed by atoms with Crippen molar-refractivity contribution < 1.29 is 28.9 Å². The number of carboxylic acid groups (broad SMARTS) is 1. The number of carboxylic acids is 1. The van der Waals surface area contributed by atoms with Crippen molar-refractivity contribution in [2.24, 2.45) is 11.3 Å². The minimum atomic E-state index is -2.54. The van der Waals surface area contributed by atoms with Crippen molar-refractivity contribution in [1.29, 1.82) is 0 Å². The highest BCUT2D eigenvalue weighted by Crippen LogP contribution is 2.53. The lowest BCUT2D eigenvalue weighted by molar-refractivity contribution is -0.137. The quantitative estimate of drug-likeness (QED) is 0.270. The van der Waals surface area contributed by atoms with E-state index < -0.39 is 35.4 Å². The van der Waals surface area contributed by atoms with Gasteiger partial charge in [0.1, 0.15) is 0 Å². The fourth-order valence-electron chi connectivity index (χ4n) is 4.38. The summed E-state index contributed by atoms with van der Waals surface area (Å²) in [6.07, 6.45) is 6.58. The van der Waals surface area contributed by atoms with Crippen LogP contribution in [0.25, 0.3) is 0 Å². The number of aliphatic hydroxyl groups excluding tert-OH is 1. The van der Waals surface area contributed by atoms with Crippen LogP contribution in [0.5, 0.6) is 0 Å². The zero-order valence-electron chi connectivity index (χ0n) is 17.4. The van der Waals surface area contributed by atoms with E-state index in [0.29, 0.717) is 38.5 Å². The van der Waals surface area contributed by atoms with E-state index in [9.17, 15) is 23.8 Å². The highest BCUT2D eigenvalue weighted by atomic mass is 19.3. The van der Waals surface area contributed by atoms with Gasteiger partial charge in [-0.2, -0.15) is 0 Å². The Morgan fingerprint density at radius 3 is 2.57 bits per heavy atom. The van der Waals surface area contributed by atoms with Crippen molar-refractivity contribution in [1.82, 2.24) is 0 Å². The predicted octanol–water partition coefficient (Wildman–Crippen LogP) is 5.32. The fourth-order valence-corrected chi connectivity index (χ4v) is 4.38. The van der Waals surface area contributed by atoms with Crippen molar-refractivity contribution in [2.45, 2.75) is 109 Å².